The van der Waals surface area contributed by atoms with Gasteiger partial charge in [-0.25, -0.2) is 9.48 Å². The van der Waals surface area contributed by atoms with E-state index in [-0.39, 0.29) is 23.6 Å². The Morgan fingerprint density at radius 2 is 1.96 bits per heavy atom. The summed E-state index contributed by atoms with van der Waals surface area (Å²) in [6, 6.07) is 1.93. The summed E-state index contributed by atoms with van der Waals surface area (Å²) in [5, 5.41) is 8.50. The van der Waals surface area contributed by atoms with E-state index in [4.69, 9.17) is 16.1 Å². The highest BCUT2D eigenvalue weighted by atomic mass is 35.5. The van der Waals surface area contributed by atoms with Gasteiger partial charge in [-0.05, 0) is 25.7 Å². The Bertz CT molecular complexity index is 888. The number of carbonyl (C=O) groups is 1. The zero-order valence-electron chi connectivity index (χ0n) is 16.1. The third kappa shape index (κ3) is 3.87. The maximum absolute atomic E-state index is 12.6. The molecule has 1 aliphatic carbocycles. The number of halogens is 1. The van der Waals surface area contributed by atoms with Gasteiger partial charge in [0, 0.05) is 51.0 Å². The first-order chi connectivity index (χ1) is 13.5. The smallest absolute Gasteiger partial charge is 0.345 e. The van der Waals surface area contributed by atoms with E-state index in [0.717, 1.165) is 31.5 Å². The van der Waals surface area contributed by atoms with Gasteiger partial charge < -0.3 is 9.42 Å². The van der Waals surface area contributed by atoms with E-state index in [1.807, 2.05) is 9.47 Å². The molecule has 1 saturated heterocycles. The van der Waals surface area contributed by atoms with Crippen molar-refractivity contribution >= 4 is 17.5 Å². The van der Waals surface area contributed by atoms with Gasteiger partial charge in [0.2, 0.25) is 5.91 Å². The van der Waals surface area contributed by atoms with Crippen LogP contribution in [0.5, 0.6) is 0 Å². The molecule has 0 N–H and O–H groups in total. The molecule has 0 atom stereocenters. The van der Waals surface area contributed by atoms with Crippen LogP contribution < -0.4 is 5.69 Å². The summed E-state index contributed by atoms with van der Waals surface area (Å²) < 4.78 is 8.46. The minimum atomic E-state index is -0.00822. The lowest BCUT2D eigenvalue weighted by atomic mass is 9.95. The van der Waals surface area contributed by atoms with Crippen LogP contribution in [0.2, 0.25) is 5.15 Å². The van der Waals surface area contributed by atoms with Crippen molar-refractivity contribution in [1.82, 2.24) is 24.4 Å². The normalized spacial score (nSPS) is 18.9. The summed E-state index contributed by atoms with van der Waals surface area (Å²) >= 11 is 5.74. The number of hydrogen-bond donors (Lipinski definition) is 0. The van der Waals surface area contributed by atoms with E-state index in [2.05, 4.69) is 10.3 Å². The summed E-state index contributed by atoms with van der Waals surface area (Å²) in [6.07, 6.45) is 7.02. The Hall–Kier alpha value is -2.09. The number of aromatic nitrogens is 4. The highest BCUT2D eigenvalue weighted by Gasteiger charge is 2.31. The van der Waals surface area contributed by atoms with Crippen LogP contribution in [0.1, 0.15) is 68.5 Å². The number of carbonyl (C=O) groups excluding carboxylic acids is 1. The first-order valence-electron chi connectivity index (χ1n) is 10.1. The molecule has 2 fully saturated rings. The standard InChI is InChI=1S/C19H26ClN5O3/c1-23-19(27)25(14-4-2-3-5-14)18(21-23)13-8-10-24(11-9-13)17(26)7-6-15-12-16(20)22-28-15/h12-14H,2-11H2,1H3. The summed E-state index contributed by atoms with van der Waals surface area (Å²) in [4.78, 5) is 27.0. The molecule has 8 nitrogen and oxygen atoms in total. The van der Waals surface area contributed by atoms with Gasteiger partial charge in [-0.2, -0.15) is 5.10 Å². The number of rotatable bonds is 5. The Balaban J connectivity index is 1.37. The third-order valence-electron chi connectivity index (χ3n) is 6.00. The SMILES string of the molecule is Cn1nc(C2CCN(C(=O)CCc3cc(Cl)no3)CC2)n(C2CCCC2)c1=O. The minimum absolute atomic E-state index is 0.00822. The highest BCUT2D eigenvalue weighted by molar-refractivity contribution is 6.29. The fraction of sp³-hybridized carbons (Fsp3) is 0.684. The number of piperidine rings is 1. The summed E-state index contributed by atoms with van der Waals surface area (Å²) in [5.41, 5.74) is -0.00822. The zero-order valence-corrected chi connectivity index (χ0v) is 16.9. The van der Waals surface area contributed by atoms with Crippen molar-refractivity contribution in [3.63, 3.8) is 0 Å². The van der Waals surface area contributed by atoms with Gasteiger partial charge in [0.05, 0.1) is 0 Å². The van der Waals surface area contributed by atoms with Crippen LogP contribution in [0.3, 0.4) is 0 Å². The average molecular weight is 408 g/mol. The number of hydrogen-bond acceptors (Lipinski definition) is 5. The van der Waals surface area contributed by atoms with Gasteiger partial charge in [-0.3, -0.25) is 9.36 Å². The largest absolute Gasteiger partial charge is 0.360 e. The third-order valence-corrected chi connectivity index (χ3v) is 6.18. The summed E-state index contributed by atoms with van der Waals surface area (Å²) in [7, 11) is 1.73. The van der Waals surface area contributed by atoms with Gasteiger partial charge in [-0.15, -0.1) is 0 Å². The topological polar surface area (TPSA) is 86.2 Å². The molecule has 0 bridgehead atoms. The minimum Gasteiger partial charge on any atom is -0.360 e. The Morgan fingerprint density at radius 1 is 1.25 bits per heavy atom. The Morgan fingerprint density at radius 3 is 2.61 bits per heavy atom. The lowest BCUT2D eigenvalue weighted by Crippen LogP contribution is -2.39. The van der Waals surface area contributed by atoms with Crippen molar-refractivity contribution in [1.29, 1.82) is 0 Å². The number of aryl methyl sites for hydroxylation is 2. The molecule has 0 spiro atoms. The summed E-state index contributed by atoms with van der Waals surface area (Å²) in [6.45, 7) is 1.38. The van der Waals surface area contributed by atoms with E-state index < -0.39 is 0 Å². The molecular weight excluding hydrogens is 382 g/mol. The number of nitrogens with zero attached hydrogens (tertiary/aromatic N) is 5. The van der Waals surface area contributed by atoms with Crippen LogP contribution in [0.15, 0.2) is 15.4 Å². The molecular formula is C19H26ClN5O3. The van der Waals surface area contributed by atoms with Gasteiger partial charge in [0.25, 0.3) is 0 Å². The van der Waals surface area contributed by atoms with E-state index in [0.29, 0.717) is 36.8 Å². The first kappa shape index (κ1) is 19.2. The van der Waals surface area contributed by atoms with Gasteiger partial charge in [-0.1, -0.05) is 29.6 Å². The van der Waals surface area contributed by atoms with Crippen LogP contribution in [0, 0.1) is 0 Å². The molecule has 28 heavy (non-hydrogen) atoms. The van der Waals surface area contributed by atoms with Crippen LogP contribution >= 0.6 is 11.6 Å². The monoisotopic (exact) mass is 407 g/mol. The Labute approximate surface area is 168 Å². The van der Waals surface area contributed by atoms with Crippen molar-refractivity contribution < 1.29 is 9.32 Å². The molecule has 0 unspecified atom stereocenters. The first-order valence-corrected chi connectivity index (χ1v) is 10.4. The van der Waals surface area contributed by atoms with Crippen molar-refractivity contribution in [2.75, 3.05) is 13.1 Å². The van der Waals surface area contributed by atoms with Gasteiger partial charge >= 0.3 is 5.69 Å². The molecule has 1 aliphatic heterocycles. The van der Waals surface area contributed by atoms with Crippen molar-refractivity contribution in [3.05, 3.63) is 33.3 Å². The second kappa shape index (κ2) is 8.11. The van der Waals surface area contributed by atoms with Crippen LogP contribution in [-0.2, 0) is 18.3 Å². The second-order valence-corrected chi connectivity index (χ2v) is 8.23. The van der Waals surface area contributed by atoms with Crippen molar-refractivity contribution in [2.45, 2.75) is 63.3 Å². The quantitative estimate of drug-likeness (QED) is 0.760. The fourth-order valence-corrected chi connectivity index (χ4v) is 4.62. The second-order valence-electron chi connectivity index (χ2n) is 7.84. The molecule has 1 saturated carbocycles. The van der Waals surface area contributed by atoms with E-state index in [1.165, 1.54) is 17.5 Å². The predicted molar refractivity (Wildman–Crippen MR) is 103 cm³/mol. The highest BCUT2D eigenvalue weighted by Crippen LogP contribution is 2.33. The molecule has 2 aromatic rings. The fourth-order valence-electron chi connectivity index (χ4n) is 4.46. The molecule has 2 aliphatic rings. The lowest BCUT2D eigenvalue weighted by Gasteiger charge is -2.32. The van der Waals surface area contributed by atoms with E-state index >= 15 is 0 Å². The van der Waals surface area contributed by atoms with E-state index in [9.17, 15) is 9.59 Å². The zero-order chi connectivity index (χ0) is 19.7. The molecule has 4 rings (SSSR count). The maximum atomic E-state index is 12.6. The van der Waals surface area contributed by atoms with Crippen molar-refractivity contribution in [3.8, 4) is 0 Å². The maximum Gasteiger partial charge on any atom is 0.345 e. The molecule has 0 aromatic carbocycles. The molecule has 152 valence electrons. The lowest BCUT2D eigenvalue weighted by molar-refractivity contribution is -0.132. The van der Waals surface area contributed by atoms with Gasteiger partial charge in [0.15, 0.2) is 5.15 Å². The van der Waals surface area contributed by atoms with Gasteiger partial charge in [0.1, 0.15) is 11.6 Å². The molecule has 3 heterocycles. The summed E-state index contributed by atoms with van der Waals surface area (Å²) in [5.74, 6) is 1.87. The number of likely N-dealkylation sites (tertiary alicyclic amines) is 1. The molecule has 1 amide bonds. The van der Waals surface area contributed by atoms with E-state index in [1.54, 1.807) is 13.1 Å². The van der Waals surface area contributed by atoms with Crippen LogP contribution in [-0.4, -0.2) is 43.4 Å². The molecule has 2 aromatic heterocycles. The predicted octanol–water partition coefficient (Wildman–Crippen LogP) is 2.68. The molecule has 0 radical (unpaired) electrons. The van der Waals surface area contributed by atoms with Crippen LogP contribution in [0.4, 0.5) is 0 Å². The Kier molecular flexibility index (Phi) is 5.57. The van der Waals surface area contributed by atoms with Crippen LogP contribution in [0.25, 0.3) is 0 Å². The van der Waals surface area contributed by atoms with Crippen molar-refractivity contribution in [2.24, 2.45) is 7.05 Å². The average Bonchev–Trinajstić information content (AvgIpc) is 3.42. The number of amides is 1. The molecule has 9 heteroatoms.